The van der Waals surface area contributed by atoms with Gasteiger partial charge in [-0.1, -0.05) is 20.3 Å². The lowest BCUT2D eigenvalue weighted by molar-refractivity contribution is -0.220. The lowest BCUT2D eigenvalue weighted by Gasteiger charge is -2.26. The quantitative estimate of drug-likeness (QED) is 0.222. The number of hydrogen-bond acceptors (Lipinski definition) is 8. The van der Waals surface area contributed by atoms with Gasteiger partial charge >= 0.3 is 5.97 Å². The first kappa shape index (κ1) is 21.2. The van der Waals surface area contributed by atoms with E-state index in [2.05, 4.69) is 0 Å². The van der Waals surface area contributed by atoms with Crippen LogP contribution in [0.3, 0.4) is 0 Å². The van der Waals surface area contributed by atoms with Crippen LogP contribution < -0.4 is 0 Å². The van der Waals surface area contributed by atoms with Crippen molar-refractivity contribution in [3.05, 3.63) is 0 Å². The summed E-state index contributed by atoms with van der Waals surface area (Å²) in [5.74, 6) is -1.51. The third-order valence-electron chi connectivity index (χ3n) is 3.19. The average molecular weight is 324 g/mol. The van der Waals surface area contributed by atoms with Gasteiger partial charge in [0.15, 0.2) is 0 Å². The molecule has 0 aromatic rings. The zero-order valence-electron chi connectivity index (χ0n) is 13.1. The minimum atomic E-state index is -1.49. The van der Waals surface area contributed by atoms with Crippen molar-refractivity contribution in [3.8, 4) is 0 Å². The summed E-state index contributed by atoms with van der Waals surface area (Å²) < 4.78 is 10.0. The van der Waals surface area contributed by atoms with Gasteiger partial charge < -0.3 is 35.0 Å². The maximum absolute atomic E-state index is 12.1. The molecule has 0 saturated carbocycles. The Labute approximate surface area is 130 Å². The molecule has 0 amide bonds. The molecule has 0 aromatic carbocycles. The molecule has 8 nitrogen and oxygen atoms in total. The number of esters is 1. The lowest BCUT2D eigenvalue weighted by atomic mass is 9.96. The Hall–Kier alpha value is -0.770. The van der Waals surface area contributed by atoms with E-state index < -0.39 is 49.7 Å². The molecule has 0 aromatic heterocycles. The van der Waals surface area contributed by atoms with E-state index in [4.69, 9.17) is 19.7 Å². The zero-order valence-corrected chi connectivity index (χ0v) is 13.1. The maximum atomic E-state index is 12.1. The first-order valence-electron chi connectivity index (χ1n) is 7.49. The van der Waals surface area contributed by atoms with Crippen molar-refractivity contribution >= 4 is 5.97 Å². The summed E-state index contributed by atoms with van der Waals surface area (Å²) in [6.45, 7) is 1.96. The molecule has 0 saturated heterocycles. The van der Waals surface area contributed by atoms with Gasteiger partial charge in [-0.05, 0) is 12.8 Å². The number of aliphatic hydroxyl groups excluding tert-OH is 5. The third-order valence-corrected chi connectivity index (χ3v) is 3.19. The molecule has 0 aliphatic rings. The number of carbonyl (C=O) groups excluding carboxylic acids is 1. The molecule has 5 unspecified atom stereocenters. The molecular formula is C14H28O8. The van der Waals surface area contributed by atoms with Crippen molar-refractivity contribution < 1.29 is 39.8 Å². The molecule has 0 heterocycles. The molecule has 0 spiro atoms. The standard InChI is InChI=1S/C14H28O8/c1-3-5-11(18)10(4-2)13(20)22-14(12(19)7-16)21-8-9(17)6-15/h9-12,14-19H,3-8H2,1-2H3. The Morgan fingerprint density at radius 3 is 2.14 bits per heavy atom. The second-order valence-corrected chi connectivity index (χ2v) is 5.10. The maximum Gasteiger partial charge on any atom is 0.313 e. The highest BCUT2D eigenvalue weighted by Crippen LogP contribution is 2.17. The minimum Gasteiger partial charge on any atom is -0.432 e. The summed E-state index contributed by atoms with van der Waals surface area (Å²) in [5, 5.41) is 46.4. The van der Waals surface area contributed by atoms with E-state index in [0.717, 1.165) is 0 Å². The molecule has 132 valence electrons. The van der Waals surface area contributed by atoms with Gasteiger partial charge in [0.05, 0.1) is 31.8 Å². The van der Waals surface area contributed by atoms with Crippen LogP contribution in [-0.4, -0.2) is 75.9 Å². The van der Waals surface area contributed by atoms with Crippen LogP contribution in [-0.2, 0) is 14.3 Å². The van der Waals surface area contributed by atoms with Crippen LogP contribution in [0.4, 0.5) is 0 Å². The highest BCUT2D eigenvalue weighted by molar-refractivity contribution is 5.73. The van der Waals surface area contributed by atoms with E-state index in [-0.39, 0.29) is 6.61 Å². The third kappa shape index (κ3) is 7.48. The van der Waals surface area contributed by atoms with Crippen LogP contribution in [0, 0.1) is 5.92 Å². The molecule has 0 aliphatic carbocycles. The molecule has 0 radical (unpaired) electrons. The van der Waals surface area contributed by atoms with Crippen molar-refractivity contribution in [1.82, 2.24) is 0 Å². The molecule has 0 fully saturated rings. The van der Waals surface area contributed by atoms with Crippen LogP contribution in [0.2, 0.25) is 0 Å². The van der Waals surface area contributed by atoms with E-state index in [1.807, 2.05) is 6.92 Å². The Morgan fingerprint density at radius 1 is 1.05 bits per heavy atom. The number of carbonyl (C=O) groups is 1. The van der Waals surface area contributed by atoms with Crippen LogP contribution >= 0.6 is 0 Å². The second kappa shape index (κ2) is 11.8. The molecule has 0 aliphatic heterocycles. The zero-order chi connectivity index (χ0) is 17.1. The summed E-state index contributed by atoms with van der Waals surface area (Å²) in [4.78, 5) is 12.1. The van der Waals surface area contributed by atoms with Crippen LogP contribution in [0.25, 0.3) is 0 Å². The van der Waals surface area contributed by atoms with Gasteiger partial charge in [-0.15, -0.1) is 0 Å². The van der Waals surface area contributed by atoms with Gasteiger partial charge in [0.2, 0.25) is 6.29 Å². The molecule has 5 atom stereocenters. The molecule has 0 rings (SSSR count). The van der Waals surface area contributed by atoms with Gasteiger partial charge in [0.1, 0.15) is 12.2 Å². The Kier molecular flexibility index (Phi) is 11.3. The van der Waals surface area contributed by atoms with Crippen LogP contribution in [0.15, 0.2) is 0 Å². The number of rotatable bonds is 12. The fraction of sp³-hybridized carbons (Fsp3) is 0.929. The van der Waals surface area contributed by atoms with Gasteiger partial charge in [0.25, 0.3) is 0 Å². The Bertz CT molecular complexity index is 299. The Balaban J connectivity index is 4.70. The van der Waals surface area contributed by atoms with Crippen molar-refractivity contribution in [2.75, 3.05) is 19.8 Å². The molecule has 5 N–H and O–H groups in total. The highest BCUT2D eigenvalue weighted by atomic mass is 16.7. The summed E-state index contributed by atoms with van der Waals surface area (Å²) in [5.41, 5.74) is 0. The molecular weight excluding hydrogens is 296 g/mol. The van der Waals surface area contributed by atoms with E-state index in [9.17, 15) is 20.1 Å². The number of ether oxygens (including phenoxy) is 2. The summed E-state index contributed by atoms with van der Waals surface area (Å²) in [7, 11) is 0. The van der Waals surface area contributed by atoms with E-state index >= 15 is 0 Å². The predicted molar refractivity (Wildman–Crippen MR) is 76.7 cm³/mol. The topological polar surface area (TPSA) is 137 Å². The van der Waals surface area contributed by atoms with Crippen molar-refractivity contribution in [2.45, 2.75) is 57.7 Å². The predicted octanol–water partition coefficient (Wildman–Crippen LogP) is -1.23. The van der Waals surface area contributed by atoms with Gasteiger partial charge in [-0.25, -0.2) is 0 Å². The molecule has 8 heteroatoms. The number of hydrogen-bond donors (Lipinski definition) is 5. The SMILES string of the molecule is CCCC(O)C(CC)C(=O)OC(OCC(O)CO)C(O)CO. The minimum absolute atomic E-state index is 0.348. The lowest BCUT2D eigenvalue weighted by Crippen LogP contribution is -2.41. The fourth-order valence-corrected chi connectivity index (χ4v) is 1.86. The van der Waals surface area contributed by atoms with Crippen molar-refractivity contribution in [2.24, 2.45) is 5.92 Å². The highest BCUT2D eigenvalue weighted by Gasteiger charge is 2.31. The van der Waals surface area contributed by atoms with Crippen LogP contribution in [0.1, 0.15) is 33.1 Å². The molecule has 22 heavy (non-hydrogen) atoms. The monoisotopic (exact) mass is 324 g/mol. The van der Waals surface area contributed by atoms with E-state index in [1.165, 1.54) is 0 Å². The summed E-state index contributed by atoms with van der Waals surface area (Å²) >= 11 is 0. The van der Waals surface area contributed by atoms with Crippen molar-refractivity contribution in [1.29, 1.82) is 0 Å². The van der Waals surface area contributed by atoms with Gasteiger partial charge in [-0.3, -0.25) is 4.79 Å². The number of aliphatic hydroxyl groups is 5. The second-order valence-electron chi connectivity index (χ2n) is 5.10. The summed E-state index contributed by atoms with van der Waals surface area (Å²) in [6.07, 6.45) is -3.55. The van der Waals surface area contributed by atoms with Gasteiger partial charge in [-0.2, -0.15) is 0 Å². The largest absolute Gasteiger partial charge is 0.432 e. The van der Waals surface area contributed by atoms with Crippen LogP contribution in [0.5, 0.6) is 0 Å². The Morgan fingerprint density at radius 2 is 1.68 bits per heavy atom. The van der Waals surface area contributed by atoms with E-state index in [0.29, 0.717) is 19.3 Å². The van der Waals surface area contributed by atoms with Gasteiger partial charge in [0, 0.05) is 0 Å². The van der Waals surface area contributed by atoms with Crippen molar-refractivity contribution in [3.63, 3.8) is 0 Å². The first-order valence-corrected chi connectivity index (χ1v) is 7.49. The smallest absolute Gasteiger partial charge is 0.313 e. The molecule has 0 bridgehead atoms. The fourth-order valence-electron chi connectivity index (χ4n) is 1.86. The normalized spacial score (nSPS) is 18.3. The van der Waals surface area contributed by atoms with E-state index in [1.54, 1.807) is 6.92 Å². The summed E-state index contributed by atoms with van der Waals surface area (Å²) in [6, 6.07) is 0. The first-order chi connectivity index (χ1) is 10.4. The average Bonchev–Trinajstić information content (AvgIpc) is 2.51.